The summed E-state index contributed by atoms with van der Waals surface area (Å²) in [6.07, 6.45) is 0.491. The van der Waals surface area contributed by atoms with E-state index >= 15 is 0 Å². The number of esters is 1. The molecule has 0 fully saturated rings. The number of thiophene rings is 1. The van der Waals surface area contributed by atoms with Gasteiger partial charge < -0.3 is 4.74 Å². The molecular formula is C15H12BrClN2O2S. The first-order valence-corrected chi connectivity index (χ1v) is 8.53. The number of methoxy groups -OCH3 is 1. The quantitative estimate of drug-likeness (QED) is 0.706. The number of hydrogen-bond acceptors (Lipinski definition) is 5. The molecule has 1 aromatic heterocycles. The highest BCUT2D eigenvalue weighted by molar-refractivity contribution is 9.11. The van der Waals surface area contributed by atoms with Gasteiger partial charge in [0.1, 0.15) is 5.71 Å². The van der Waals surface area contributed by atoms with Crippen LogP contribution in [0.15, 0.2) is 45.3 Å². The van der Waals surface area contributed by atoms with Crippen LogP contribution in [0.5, 0.6) is 0 Å². The largest absolute Gasteiger partial charge is 0.464 e. The van der Waals surface area contributed by atoms with Crippen molar-refractivity contribution < 1.29 is 9.53 Å². The monoisotopic (exact) mass is 398 g/mol. The van der Waals surface area contributed by atoms with Crippen LogP contribution in [0.25, 0.3) is 0 Å². The van der Waals surface area contributed by atoms with Crippen LogP contribution in [0.4, 0.5) is 5.69 Å². The van der Waals surface area contributed by atoms with Crippen molar-refractivity contribution in [1.29, 1.82) is 0 Å². The van der Waals surface area contributed by atoms with Crippen LogP contribution in [0.3, 0.4) is 0 Å². The maximum atomic E-state index is 11.8. The lowest BCUT2D eigenvalue weighted by molar-refractivity contribution is -0.132. The Labute approximate surface area is 145 Å². The number of carbonyl (C=O) groups is 1. The van der Waals surface area contributed by atoms with E-state index in [-0.39, 0.29) is 6.04 Å². The van der Waals surface area contributed by atoms with Gasteiger partial charge in [-0.1, -0.05) is 23.7 Å². The van der Waals surface area contributed by atoms with Crippen molar-refractivity contribution >= 4 is 56.2 Å². The fraction of sp³-hybridized carbons (Fsp3) is 0.200. The third-order valence-corrected chi connectivity index (χ3v) is 5.40. The molecule has 1 aliphatic heterocycles. The molecule has 2 heterocycles. The summed E-state index contributed by atoms with van der Waals surface area (Å²) in [5.41, 5.74) is 1.18. The maximum Gasteiger partial charge on any atom is 0.354 e. The van der Waals surface area contributed by atoms with Crippen molar-refractivity contribution in [2.75, 3.05) is 12.1 Å². The van der Waals surface area contributed by atoms with Crippen LogP contribution in [-0.4, -0.2) is 18.8 Å². The topological polar surface area (TPSA) is 41.9 Å². The van der Waals surface area contributed by atoms with Gasteiger partial charge in [0.05, 0.1) is 27.6 Å². The Hall–Kier alpha value is -1.37. The third-order valence-electron chi connectivity index (χ3n) is 3.35. The zero-order valence-corrected chi connectivity index (χ0v) is 14.8. The predicted molar refractivity (Wildman–Crippen MR) is 92.8 cm³/mol. The molecule has 0 aliphatic carbocycles. The van der Waals surface area contributed by atoms with E-state index in [1.165, 1.54) is 7.11 Å². The molecule has 3 rings (SSSR count). The first kappa shape index (κ1) is 15.5. The molecule has 0 bridgehead atoms. The molecule has 0 amide bonds. The molecule has 1 atom stereocenters. The van der Waals surface area contributed by atoms with Crippen LogP contribution >= 0.6 is 38.9 Å². The zero-order chi connectivity index (χ0) is 15.7. The number of benzene rings is 1. The average Bonchev–Trinajstić information content (AvgIpc) is 3.13. The Morgan fingerprint density at radius 3 is 2.82 bits per heavy atom. The summed E-state index contributed by atoms with van der Waals surface area (Å²) in [6, 6.07) is 11.4. The minimum Gasteiger partial charge on any atom is -0.464 e. The molecule has 0 saturated heterocycles. The fourth-order valence-corrected chi connectivity index (χ4v) is 4.07. The predicted octanol–water partition coefficient (Wildman–Crippen LogP) is 4.64. The van der Waals surface area contributed by atoms with E-state index in [0.29, 0.717) is 17.2 Å². The second-order valence-electron chi connectivity index (χ2n) is 4.70. The zero-order valence-electron chi connectivity index (χ0n) is 11.6. The lowest BCUT2D eigenvalue weighted by atomic mass is 10.1. The summed E-state index contributed by atoms with van der Waals surface area (Å²) in [6.45, 7) is 0. The summed E-state index contributed by atoms with van der Waals surface area (Å²) in [5.74, 6) is -0.407. The van der Waals surface area contributed by atoms with Crippen LogP contribution < -0.4 is 5.01 Å². The molecular weight excluding hydrogens is 388 g/mol. The highest BCUT2D eigenvalue weighted by Gasteiger charge is 2.34. The lowest BCUT2D eigenvalue weighted by Crippen LogP contribution is -2.18. The van der Waals surface area contributed by atoms with Crippen LogP contribution in [0.2, 0.25) is 5.02 Å². The second-order valence-corrected chi connectivity index (χ2v) is 7.60. The standard InChI is InChI=1S/C15H12BrClN2O2S/c1-21-15(20)10-8-12(13-6-7-14(16)22-13)19(18-10)11-5-3-2-4-9(11)17/h2-7,12H,8H2,1H3. The molecule has 0 saturated carbocycles. The first-order valence-electron chi connectivity index (χ1n) is 6.55. The summed E-state index contributed by atoms with van der Waals surface area (Å²) in [5, 5.41) is 6.83. The van der Waals surface area contributed by atoms with E-state index < -0.39 is 5.97 Å². The summed E-state index contributed by atoms with van der Waals surface area (Å²) in [7, 11) is 1.36. The first-order chi connectivity index (χ1) is 10.6. The normalized spacial score (nSPS) is 17.5. The van der Waals surface area contributed by atoms with Crippen molar-refractivity contribution in [3.05, 3.63) is 50.1 Å². The van der Waals surface area contributed by atoms with E-state index in [0.717, 1.165) is 14.4 Å². The van der Waals surface area contributed by atoms with Gasteiger partial charge in [0, 0.05) is 11.3 Å². The Balaban J connectivity index is 2.02. The third kappa shape index (κ3) is 2.91. The SMILES string of the molecule is COC(=O)C1=NN(c2ccccc2Cl)C(c2ccc(Br)s2)C1. The van der Waals surface area contributed by atoms with E-state index in [4.69, 9.17) is 16.3 Å². The van der Waals surface area contributed by atoms with Crippen molar-refractivity contribution in [1.82, 2.24) is 0 Å². The van der Waals surface area contributed by atoms with E-state index in [9.17, 15) is 4.79 Å². The van der Waals surface area contributed by atoms with Gasteiger partial charge in [-0.2, -0.15) is 5.10 Å². The van der Waals surface area contributed by atoms with Crippen LogP contribution in [-0.2, 0) is 9.53 Å². The molecule has 114 valence electrons. The Morgan fingerprint density at radius 2 is 2.18 bits per heavy atom. The van der Waals surface area contributed by atoms with Gasteiger partial charge in [-0.15, -0.1) is 11.3 Å². The van der Waals surface area contributed by atoms with Crippen molar-refractivity contribution in [2.45, 2.75) is 12.5 Å². The lowest BCUT2D eigenvalue weighted by Gasteiger charge is -2.23. The van der Waals surface area contributed by atoms with Gasteiger partial charge in [-0.05, 0) is 40.2 Å². The van der Waals surface area contributed by atoms with Gasteiger partial charge >= 0.3 is 5.97 Å². The van der Waals surface area contributed by atoms with Gasteiger partial charge in [0.2, 0.25) is 0 Å². The number of halogens is 2. The molecule has 0 N–H and O–H groups in total. The number of rotatable bonds is 3. The van der Waals surface area contributed by atoms with Crippen LogP contribution in [0, 0.1) is 0 Å². The average molecular weight is 400 g/mol. The van der Waals surface area contributed by atoms with Crippen LogP contribution in [0.1, 0.15) is 17.3 Å². The van der Waals surface area contributed by atoms with Gasteiger partial charge in [0.15, 0.2) is 0 Å². The molecule has 2 aromatic rings. The van der Waals surface area contributed by atoms with E-state index in [1.807, 2.05) is 36.4 Å². The number of nitrogens with zero attached hydrogens (tertiary/aromatic N) is 2. The molecule has 0 radical (unpaired) electrons. The molecule has 1 aliphatic rings. The van der Waals surface area contributed by atoms with Crippen molar-refractivity contribution in [3.8, 4) is 0 Å². The number of ether oxygens (including phenoxy) is 1. The molecule has 4 nitrogen and oxygen atoms in total. The van der Waals surface area contributed by atoms with Gasteiger partial charge in [-0.3, -0.25) is 5.01 Å². The Bertz CT molecular complexity index is 747. The highest BCUT2D eigenvalue weighted by atomic mass is 79.9. The number of anilines is 1. The summed E-state index contributed by atoms with van der Waals surface area (Å²) >= 11 is 11.4. The number of carbonyl (C=O) groups excluding carboxylic acids is 1. The van der Waals surface area contributed by atoms with Gasteiger partial charge in [0.25, 0.3) is 0 Å². The summed E-state index contributed by atoms with van der Waals surface area (Å²) in [4.78, 5) is 12.9. The fourth-order valence-electron chi connectivity index (χ4n) is 2.34. The second kappa shape index (κ2) is 6.40. The maximum absolute atomic E-state index is 11.8. The molecule has 22 heavy (non-hydrogen) atoms. The van der Waals surface area contributed by atoms with Crippen molar-refractivity contribution in [3.63, 3.8) is 0 Å². The van der Waals surface area contributed by atoms with Gasteiger partial charge in [-0.25, -0.2) is 4.79 Å². The minimum absolute atomic E-state index is 0.0645. The Morgan fingerprint density at radius 1 is 1.41 bits per heavy atom. The van der Waals surface area contributed by atoms with Crippen molar-refractivity contribution in [2.24, 2.45) is 5.10 Å². The Kier molecular flexibility index (Phi) is 4.52. The number of hydrazone groups is 1. The number of para-hydroxylation sites is 1. The highest BCUT2D eigenvalue weighted by Crippen LogP contribution is 2.41. The molecule has 0 spiro atoms. The molecule has 1 aromatic carbocycles. The minimum atomic E-state index is -0.407. The molecule has 1 unspecified atom stereocenters. The smallest absolute Gasteiger partial charge is 0.354 e. The molecule has 7 heteroatoms. The van der Waals surface area contributed by atoms with E-state index in [2.05, 4.69) is 21.0 Å². The summed E-state index contributed by atoms with van der Waals surface area (Å²) < 4.78 is 5.84. The number of hydrogen-bond donors (Lipinski definition) is 0. The van der Waals surface area contributed by atoms with E-state index in [1.54, 1.807) is 16.3 Å².